The van der Waals surface area contributed by atoms with Gasteiger partial charge in [0.25, 0.3) is 0 Å². The predicted molar refractivity (Wildman–Crippen MR) is 41.7 cm³/mol. The number of hydrogen-bond donors (Lipinski definition) is 2. The number of halogens is 3. The zero-order chi connectivity index (χ0) is 10.2. The number of hydrogen-bond acceptors (Lipinski definition) is 3. The molecule has 0 aliphatic carbocycles. The fourth-order valence-electron chi connectivity index (χ4n) is 0.858. The molecule has 1 aromatic rings. The number of ether oxygens (including phenoxy) is 1. The normalized spacial score (nSPS) is 10.2. The SMILES string of the molecule is COc1c(F)c(N)c(F)c(N)c1F. The molecule has 0 atom stereocenters. The van der Waals surface area contributed by atoms with Crippen LogP contribution < -0.4 is 16.2 Å². The van der Waals surface area contributed by atoms with Crippen LogP contribution in [0.5, 0.6) is 5.75 Å². The molecule has 3 nitrogen and oxygen atoms in total. The topological polar surface area (TPSA) is 61.3 Å². The molecule has 0 aliphatic heterocycles. The van der Waals surface area contributed by atoms with Crippen molar-refractivity contribution < 1.29 is 17.9 Å². The first-order valence-corrected chi connectivity index (χ1v) is 3.26. The lowest BCUT2D eigenvalue weighted by Gasteiger charge is -2.09. The molecule has 13 heavy (non-hydrogen) atoms. The highest BCUT2D eigenvalue weighted by Crippen LogP contribution is 2.33. The number of nitrogen functional groups attached to an aromatic ring is 2. The summed E-state index contributed by atoms with van der Waals surface area (Å²) in [6.45, 7) is 0. The minimum absolute atomic E-state index is 0.781. The molecule has 0 amide bonds. The van der Waals surface area contributed by atoms with E-state index in [1.807, 2.05) is 0 Å². The largest absolute Gasteiger partial charge is 0.491 e. The molecule has 6 heteroatoms. The molecule has 0 aliphatic rings. The van der Waals surface area contributed by atoms with Crippen LogP contribution in [-0.2, 0) is 0 Å². The van der Waals surface area contributed by atoms with Crippen LogP contribution >= 0.6 is 0 Å². The summed E-state index contributed by atoms with van der Waals surface area (Å²) in [5.74, 6) is -4.66. The lowest BCUT2D eigenvalue weighted by atomic mass is 10.2. The van der Waals surface area contributed by atoms with Crippen LogP contribution in [0.2, 0.25) is 0 Å². The third-order valence-corrected chi connectivity index (χ3v) is 1.55. The van der Waals surface area contributed by atoms with E-state index in [-0.39, 0.29) is 0 Å². The summed E-state index contributed by atoms with van der Waals surface area (Å²) in [5, 5.41) is 0. The van der Waals surface area contributed by atoms with Gasteiger partial charge in [0.1, 0.15) is 11.4 Å². The molecule has 4 N–H and O–H groups in total. The number of rotatable bonds is 1. The van der Waals surface area contributed by atoms with Crippen molar-refractivity contribution in [2.75, 3.05) is 18.6 Å². The van der Waals surface area contributed by atoms with Gasteiger partial charge in [0.2, 0.25) is 0 Å². The van der Waals surface area contributed by atoms with Crippen LogP contribution in [0.4, 0.5) is 24.5 Å². The van der Waals surface area contributed by atoms with Gasteiger partial charge in [0.15, 0.2) is 23.2 Å². The molecule has 0 heterocycles. The average Bonchev–Trinajstić information content (AvgIpc) is 2.13. The first-order chi connectivity index (χ1) is 6.00. The van der Waals surface area contributed by atoms with Crippen molar-refractivity contribution in [3.63, 3.8) is 0 Å². The zero-order valence-corrected chi connectivity index (χ0v) is 6.70. The van der Waals surface area contributed by atoms with E-state index >= 15 is 0 Å². The summed E-state index contributed by atoms with van der Waals surface area (Å²) >= 11 is 0. The Morgan fingerprint density at radius 1 is 0.923 bits per heavy atom. The van der Waals surface area contributed by atoms with Gasteiger partial charge in [-0.2, -0.15) is 0 Å². The highest BCUT2D eigenvalue weighted by atomic mass is 19.1. The molecule has 0 fully saturated rings. The fraction of sp³-hybridized carbons (Fsp3) is 0.143. The van der Waals surface area contributed by atoms with Gasteiger partial charge in [0.05, 0.1) is 7.11 Å². The third-order valence-electron chi connectivity index (χ3n) is 1.55. The molecule has 0 spiro atoms. The van der Waals surface area contributed by atoms with Gasteiger partial charge in [-0.3, -0.25) is 0 Å². The fourth-order valence-corrected chi connectivity index (χ4v) is 0.858. The van der Waals surface area contributed by atoms with Crippen LogP contribution in [0.15, 0.2) is 0 Å². The van der Waals surface area contributed by atoms with Crippen LogP contribution in [0, 0.1) is 17.5 Å². The molecule has 0 unspecified atom stereocenters. The number of methoxy groups -OCH3 is 1. The van der Waals surface area contributed by atoms with Crippen molar-refractivity contribution >= 4 is 11.4 Å². The molecule has 1 aromatic carbocycles. The second-order valence-corrected chi connectivity index (χ2v) is 2.30. The molecule has 0 bridgehead atoms. The van der Waals surface area contributed by atoms with E-state index in [9.17, 15) is 13.2 Å². The Morgan fingerprint density at radius 2 is 1.31 bits per heavy atom. The van der Waals surface area contributed by atoms with Crippen LogP contribution in [0.3, 0.4) is 0 Å². The zero-order valence-electron chi connectivity index (χ0n) is 6.70. The summed E-state index contributed by atoms with van der Waals surface area (Å²) in [4.78, 5) is 0. The van der Waals surface area contributed by atoms with E-state index < -0.39 is 34.6 Å². The van der Waals surface area contributed by atoms with Crippen molar-refractivity contribution in [3.8, 4) is 5.75 Å². The quantitative estimate of drug-likeness (QED) is 0.659. The standard InChI is InChI=1S/C7H7F3N2O/c1-13-7-3(9)5(11)2(8)6(12)4(7)10/h11-12H2,1H3. The van der Waals surface area contributed by atoms with Crippen LogP contribution in [0.25, 0.3) is 0 Å². The molecule has 72 valence electrons. The molecule has 0 saturated heterocycles. The second kappa shape index (κ2) is 3.04. The van der Waals surface area contributed by atoms with Crippen molar-refractivity contribution in [1.82, 2.24) is 0 Å². The first-order valence-electron chi connectivity index (χ1n) is 3.26. The number of nitrogens with two attached hydrogens (primary N) is 2. The molecule has 0 aromatic heterocycles. The number of anilines is 2. The monoisotopic (exact) mass is 192 g/mol. The average molecular weight is 192 g/mol. The predicted octanol–water partition coefficient (Wildman–Crippen LogP) is 1.28. The molecular weight excluding hydrogens is 185 g/mol. The van der Waals surface area contributed by atoms with Gasteiger partial charge in [-0.1, -0.05) is 0 Å². The lowest BCUT2D eigenvalue weighted by Crippen LogP contribution is -2.06. The number of benzene rings is 1. The van der Waals surface area contributed by atoms with Gasteiger partial charge in [0, 0.05) is 0 Å². The van der Waals surface area contributed by atoms with Crippen molar-refractivity contribution in [3.05, 3.63) is 17.5 Å². The summed E-state index contributed by atoms with van der Waals surface area (Å²) < 4.78 is 42.9. The van der Waals surface area contributed by atoms with Gasteiger partial charge in [-0.25, -0.2) is 13.2 Å². The lowest BCUT2D eigenvalue weighted by molar-refractivity contribution is 0.359. The summed E-state index contributed by atoms with van der Waals surface area (Å²) in [6.07, 6.45) is 0. The summed E-state index contributed by atoms with van der Waals surface area (Å²) in [5.41, 5.74) is 8.20. The maximum atomic E-state index is 12.9. The Labute approximate surface area is 72.1 Å². The van der Waals surface area contributed by atoms with Gasteiger partial charge in [-0.05, 0) is 0 Å². The van der Waals surface area contributed by atoms with Crippen molar-refractivity contribution in [1.29, 1.82) is 0 Å². The smallest absolute Gasteiger partial charge is 0.194 e. The van der Waals surface area contributed by atoms with Gasteiger partial charge >= 0.3 is 0 Å². The van der Waals surface area contributed by atoms with E-state index in [1.54, 1.807) is 0 Å². The molecule has 0 radical (unpaired) electrons. The van der Waals surface area contributed by atoms with Crippen molar-refractivity contribution in [2.45, 2.75) is 0 Å². The van der Waals surface area contributed by atoms with Crippen molar-refractivity contribution in [2.24, 2.45) is 0 Å². The first kappa shape index (κ1) is 9.50. The molecule has 0 saturated carbocycles. The molecular formula is C7H7F3N2O. The van der Waals surface area contributed by atoms with E-state index in [0.29, 0.717) is 0 Å². The van der Waals surface area contributed by atoms with Gasteiger partial charge in [-0.15, -0.1) is 0 Å². The maximum Gasteiger partial charge on any atom is 0.194 e. The highest BCUT2D eigenvalue weighted by Gasteiger charge is 2.22. The Kier molecular flexibility index (Phi) is 2.22. The Morgan fingerprint density at radius 3 is 1.62 bits per heavy atom. The summed E-state index contributed by atoms with van der Waals surface area (Å²) in [7, 11) is 1.03. The second-order valence-electron chi connectivity index (χ2n) is 2.30. The van der Waals surface area contributed by atoms with Crippen LogP contribution in [0.1, 0.15) is 0 Å². The maximum absolute atomic E-state index is 12.9. The Bertz CT molecular complexity index is 325. The third kappa shape index (κ3) is 1.24. The Hall–Kier alpha value is -1.59. The van der Waals surface area contributed by atoms with Gasteiger partial charge < -0.3 is 16.2 Å². The van der Waals surface area contributed by atoms with E-state index in [0.717, 1.165) is 7.11 Å². The van der Waals surface area contributed by atoms with E-state index in [1.165, 1.54) is 0 Å². The minimum Gasteiger partial charge on any atom is -0.491 e. The van der Waals surface area contributed by atoms with E-state index in [2.05, 4.69) is 4.74 Å². The molecule has 1 rings (SSSR count). The summed E-state index contributed by atoms with van der Waals surface area (Å²) in [6, 6.07) is 0. The highest BCUT2D eigenvalue weighted by molar-refractivity contribution is 5.60. The van der Waals surface area contributed by atoms with Crippen LogP contribution in [-0.4, -0.2) is 7.11 Å². The minimum atomic E-state index is -1.31. The van der Waals surface area contributed by atoms with E-state index in [4.69, 9.17) is 11.5 Å². The Balaban J connectivity index is 3.56.